The molecule has 0 bridgehead atoms. The second-order valence-corrected chi connectivity index (χ2v) is 6.43. The van der Waals surface area contributed by atoms with Gasteiger partial charge < -0.3 is 4.57 Å². The quantitative estimate of drug-likeness (QED) is 0.842. The van der Waals surface area contributed by atoms with Crippen molar-refractivity contribution < 1.29 is 8.42 Å². The van der Waals surface area contributed by atoms with E-state index in [0.717, 1.165) is 16.5 Å². The number of halogens is 1. The highest BCUT2D eigenvalue weighted by atomic mass is 79.9. The molecule has 0 fully saturated rings. The molecule has 1 heterocycles. The van der Waals surface area contributed by atoms with Crippen molar-refractivity contribution in [1.82, 2.24) is 14.3 Å². The topological polar surface area (TPSA) is 64.0 Å². The van der Waals surface area contributed by atoms with E-state index in [1.165, 1.54) is 12.5 Å². The Balaban J connectivity index is 2.05. The molecule has 0 aliphatic heterocycles. The maximum atomic E-state index is 11.9. The molecule has 0 radical (unpaired) electrons. The highest BCUT2D eigenvalue weighted by Crippen LogP contribution is 2.09. The lowest BCUT2D eigenvalue weighted by Gasteiger charge is -2.05. The van der Waals surface area contributed by atoms with Gasteiger partial charge >= 0.3 is 0 Å². The van der Waals surface area contributed by atoms with Gasteiger partial charge in [0.15, 0.2) is 5.03 Å². The fourth-order valence-corrected chi connectivity index (χ4v) is 2.90. The molecule has 7 heteroatoms. The summed E-state index contributed by atoms with van der Waals surface area (Å²) >= 11 is 3.36. The van der Waals surface area contributed by atoms with Gasteiger partial charge in [0.25, 0.3) is 10.0 Å². The van der Waals surface area contributed by atoms with E-state index in [1.807, 2.05) is 24.3 Å². The van der Waals surface area contributed by atoms with Crippen LogP contribution in [-0.4, -0.2) is 18.0 Å². The van der Waals surface area contributed by atoms with Crippen LogP contribution in [-0.2, 0) is 28.9 Å². The number of benzene rings is 1. The minimum Gasteiger partial charge on any atom is -0.339 e. The molecule has 0 saturated carbocycles. The van der Waals surface area contributed by atoms with Gasteiger partial charge in [-0.05, 0) is 11.1 Å². The van der Waals surface area contributed by atoms with Crippen molar-refractivity contribution in [3.8, 4) is 0 Å². The lowest BCUT2D eigenvalue weighted by Crippen LogP contribution is -2.23. The number of nitrogens with zero attached hydrogens (tertiary/aromatic N) is 2. The summed E-state index contributed by atoms with van der Waals surface area (Å²) < 4.78 is 28.0. The average Bonchev–Trinajstić information content (AvgIpc) is 2.85. The summed E-state index contributed by atoms with van der Waals surface area (Å²) in [6.45, 7) is 0.251. The van der Waals surface area contributed by atoms with Crippen molar-refractivity contribution in [2.45, 2.75) is 16.9 Å². The summed E-state index contributed by atoms with van der Waals surface area (Å²) in [6.07, 6.45) is 2.93. The lowest BCUT2D eigenvalue weighted by molar-refractivity contribution is 0.578. The van der Waals surface area contributed by atoms with E-state index in [4.69, 9.17) is 0 Å². The summed E-state index contributed by atoms with van der Waals surface area (Å²) in [4.78, 5) is 3.83. The minimum absolute atomic E-state index is 0.0343. The van der Waals surface area contributed by atoms with Crippen molar-refractivity contribution in [3.63, 3.8) is 0 Å². The van der Waals surface area contributed by atoms with Gasteiger partial charge in [-0.1, -0.05) is 40.2 Å². The molecular formula is C12H14BrN3O2S. The maximum Gasteiger partial charge on any atom is 0.259 e. The first-order valence-electron chi connectivity index (χ1n) is 5.62. The Kier molecular flexibility index (Phi) is 4.38. The van der Waals surface area contributed by atoms with E-state index in [0.29, 0.717) is 0 Å². The van der Waals surface area contributed by atoms with Crippen LogP contribution in [0.2, 0.25) is 0 Å². The molecule has 1 aromatic heterocycles. The Hall–Kier alpha value is -1.18. The smallest absolute Gasteiger partial charge is 0.259 e. The minimum atomic E-state index is -3.54. The van der Waals surface area contributed by atoms with Gasteiger partial charge in [-0.15, -0.1) is 0 Å². The highest BCUT2D eigenvalue weighted by molar-refractivity contribution is 9.08. The Labute approximate surface area is 120 Å². The molecule has 0 saturated heterocycles. The van der Waals surface area contributed by atoms with Crippen molar-refractivity contribution >= 4 is 26.0 Å². The summed E-state index contributed by atoms with van der Waals surface area (Å²) in [5.41, 5.74) is 2.06. The van der Waals surface area contributed by atoms with Gasteiger partial charge in [-0.2, -0.15) is 0 Å². The number of imidazole rings is 1. The zero-order valence-corrected chi connectivity index (χ0v) is 12.8. The van der Waals surface area contributed by atoms with Gasteiger partial charge in [-0.3, -0.25) is 0 Å². The molecule has 0 amide bonds. The molecule has 0 unspecified atom stereocenters. The van der Waals surface area contributed by atoms with Crippen LogP contribution in [0.4, 0.5) is 0 Å². The van der Waals surface area contributed by atoms with Gasteiger partial charge in [0, 0.05) is 25.1 Å². The number of sulfonamides is 1. The van der Waals surface area contributed by atoms with Crippen LogP contribution in [0.15, 0.2) is 41.8 Å². The summed E-state index contributed by atoms with van der Waals surface area (Å²) in [5, 5.41) is 0.819. The van der Waals surface area contributed by atoms with E-state index in [-0.39, 0.29) is 11.6 Å². The monoisotopic (exact) mass is 343 g/mol. The number of nitrogens with one attached hydrogen (secondary N) is 1. The van der Waals surface area contributed by atoms with Crippen LogP contribution in [0.25, 0.3) is 0 Å². The molecule has 2 aromatic rings. The molecule has 0 aliphatic carbocycles. The predicted octanol–water partition coefficient (Wildman–Crippen LogP) is 1.79. The van der Waals surface area contributed by atoms with Gasteiger partial charge in [-0.25, -0.2) is 18.1 Å². The number of hydrogen-bond donors (Lipinski definition) is 1. The zero-order chi connectivity index (χ0) is 13.9. The molecule has 102 valence electrons. The first-order valence-corrected chi connectivity index (χ1v) is 8.23. The number of rotatable bonds is 5. The SMILES string of the molecule is Cn1cnc(S(=O)(=O)NCc2ccc(CBr)cc2)c1. The lowest BCUT2D eigenvalue weighted by atomic mass is 10.2. The van der Waals surface area contributed by atoms with Gasteiger partial charge in [0.1, 0.15) is 0 Å². The standard InChI is InChI=1S/C12H14BrN3O2S/c1-16-8-12(14-9-16)19(17,18)15-7-11-4-2-10(6-13)3-5-11/h2-5,8-9,15H,6-7H2,1H3. The molecule has 1 aromatic carbocycles. The number of hydrogen-bond acceptors (Lipinski definition) is 3. The molecular weight excluding hydrogens is 330 g/mol. The Morgan fingerprint density at radius 3 is 2.42 bits per heavy atom. The second-order valence-electron chi connectivity index (χ2n) is 4.15. The van der Waals surface area contributed by atoms with Crippen molar-refractivity contribution in [2.24, 2.45) is 7.05 Å². The Morgan fingerprint density at radius 2 is 1.89 bits per heavy atom. The van der Waals surface area contributed by atoms with Crippen molar-refractivity contribution in [3.05, 3.63) is 47.9 Å². The average molecular weight is 344 g/mol. The van der Waals surface area contributed by atoms with Crippen LogP contribution in [0.5, 0.6) is 0 Å². The summed E-state index contributed by atoms with van der Waals surface area (Å²) in [5.74, 6) is 0. The third-order valence-corrected chi connectivity index (χ3v) is 4.53. The fourth-order valence-electron chi connectivity index (χ4n) is 1.53. The van der Waals surface area contributed by atoms with E-state index >= 15 is 0 Å². The second kappa shape index (κ2) is 5.85. The molecule has 0 spiro atoms. The summed E-state index contributed by atoms with van der Waals surface area (Å²) in [6, 6.07) is 7.72. The number of alkyl halides is 1. The van der Waals surface area contributed by atoms with E-state index < -0.39 is 10.0 Å². The fraction of sp³-hybridized carbons (Fsp3) is 0.250. The van der Waals surface area contributed by atoms with Crippen LogP contribution >= 0.6 is 15.9 Å². The third kappa shape index (κ3) is 3.65. The predicted molar refractivity (Wildman–Crippen MR) is 76.3 cm³/mol. The van der Waals surface area contributed by atoms with E-state index in [9.17, 15) is 8.42 Å². The maximum absolute atomic E-state index is 11.9. The molecule has 0 aliphatic rings. The molecule has 0 atom stereocenters. The first-order chi connectivity index (χ1) is 9.01. The van der Waals surface area contributed by atoms with Crippen LogP contribution in [0.1, 0.15) is 11.1 Å². The molecule has 19 heavy (non-hydrogen) atoms. The van der Waals surface area contributed by atoms with Crippen LogP contribution in [0.3, 0.4) is 0 Å². The van der Waals surface area contributed by atoms with Crippen molar-refractivity contribution in [1.29, 1.82) is 0 Å². The first kappa shape index (κ1) is 14.2. The Morgan fingerprint density at radius 1 is 1.26 bits per heavy atom. The molecule has 1 N–H and O–H groups in total. The van der Waals surface area contributed by atoms with Gasteiger partial charge in [0.2, 0.25) is 0 Å². The number of aromatic nitrogens is 2. The molecule has 5 nitrogen and oxygen atoms in total. The highest BCUT2D eigenvalue weighted by Gasteiger charge is 2.16. The third-order valence-electron chi connectivity index (χ3n) is 2.60. The largest absolute Gasteiger partial charge is 0.339 e. The van der Waals surface area contributed by atoms with E-state index in [1.54, 1.807) is 11.6 Å². The zero-order valence-electron chi connectivity index (χ0n) is 10.4. The Bertz CT molecular complexity index is 650. The van der Waals surface area contributed by atoms with Gasteiger partial charge in [0.05, 0.1) is 6.33 Å². The molecule has 2 rings (SSSR count). The van der Waals surface area contributed by atoms with Crippen molar-refractivity contribution in [2.75, 3.05) is 0 Å². The van der Waals surface area contributed by atoms with Crippen LogP contribution in [0, 0.1) is 0 Å². The van der Waals surface area contributed by atoms with E-state index in [2.05, 4.69) is 25.6 Å². The normalized spacial score (nSPS) is 11.7. The summed E-state index contributed by atoms with van der Waals surface area (Å²) in [7, 11) is -1.82. The van der Waals surface area contributed by atoms with Crippen LogP contribution < -0.4 is 4.72 Å². The number of aryl methyl sites for hydroxylation is 1.